The summed E-state index contributed by atoms with van der Waals surface area (Å²) in [7, 11) is 1.70. The number of nitrogens with zero attached hydrogens (tertiary/aromatic N) is 2. The molecular weight excluding hydrogens is 252 g/mol. The Kier molecular flexibility index (Phi) is 3.30. The summed E-state index contributed by atoms with van der Waals surface area (Å²) in [5.41, 5.74) is 7.19. The quantitative estimate of drug-likeness (QED) is 0.850. The van der Waals surface area contributed by atoms with Crippen molar-refractivity contribution >= 4 is 11.6 Å². The first-order valence-electron chi connectivity index (χ1n) is 7.13. The third kappa shape index (κ3) is 1.85. The fourth-order valence-corrected chi connectivity index (χ4v) is 3.39. The van der Waals surface area contributed by atoms with E-state index in [1.54, 1.807) is 7.11 Å². The predicted molar refractivity (Wildman–Crippen MR) is 81.3 cm³/mol. The Morgan fingerprint density at radius 1 is 1.45 bits per heavy atom. The highest BCUT2D eigenvalue weighted by molar-refractivity contribution is 5.99. The summed E-state index contributed by atoms with van der Waals surface area (Å²) >= 11 is 0. The lowest BCUT2D eigenvalue weighted by molar-refractivity contribution is 0.239. The van der Waals surface area contributed by atoms with Gasteiger partial charge in [-0.25, -0.2) is 0 Å². The first-order valence-corrected chi connectivity index (χ1v) is 7.13. The Bertz CT molecular complexity index is 530. The highest BCUT2D eigenvalue weighted by atomic mass is 16.5. The molecule has 2 aliphatic rings. The van der Waals surface area contributed by atoms with Crippen molar-refractivity contribution in [3.8, 4) is 5.75 Å². The number of piperidine rings is 1. The molecule has 1 saturated heterocycles. The number of methoxy groups -OCH3 is 1. The fraction of sp³-hybridized carbons (Fsp3) is 0.533. The molecule has 3 N–H and O–H groups in total. The van der Waals surface area contributed by atoms with Gasteiger partial charge in [0.15, 0.2) is 5.96 Å². The molecule has 1 spiro atoms. The molecule has 5 nitrogen and oxygen atoms in total. The predicted octanol–water partition coefficient (Wildman–Crippen LogP) is 1.20. The molecule has 20 heavy (non-hydrogen) atoms. The average molecular weight is 274 g/mol. The number of ether oxygens (including phenoxy) is 1. The van der Waals surface area contributed by atoms with Crippen LogP contribution in [-0.2, 0) is 0 Å². The number of benzene rings is 1. The third-order valence-corrected chi connectivity index (χ3v) is 4.62. The number of hydrogen-bond acceptors (Lipinski definition) is 5. The van der Waals surface area contributed by atoms with Gasteiger partial charge in [0.05, 0.1) is 24.9 Å². The van der Waals surface area contributed by atoms with E-state index >= 15 is 0 Å². The number of para-hydroxylation sites is 2. The second-order valence-electron chi connectivity index (χ2n) is 5.64. The van der Waals surface area contributed by atoms with Crippen LogP contribution in [0.2, 0.25) is 0 Å². The first-order chi connectivity index (χ1) is 9.69. The zero-order valence-electron chi connectivity index (χ0n) is 12.1. The minimum atomic E-state index is -0.0238. The van der Waals surface area contributed by atoms with Crippen molar-refractivity contribution in [1.82, 2.24) is 5.32 Å². The van der Waals surface area contributed by atoms with Crippen LogP contribution in [0.5, 0.6) is 5.75 Å². The zero-order valence-corrected chi connectivity index (χ0v) is 12.1. The summed E-state index contributed by atoms with van der Waals surface area (Å²) in [5.74, 6) is 1.92. The molecule has 0 aromatic heterocycles. The summed E-state index contributed by atoms with van der Waals surface area (Å²) in [5, 5.41) is 3.45. The van der Waals surface area contributed by atoms with Gasteiger partial charge in [0, 0.05) is 6.54 Å². The van der Waals surface area contributed by atoms with Gasteiger partial charge in [-0.2, -0.15) is 0 Å². The summed E-state index contributed by atoms with van der Waals surface area (Å²) < 4.78 is 5.51. The monoisotopic (exact) mass is 274 g/mol. The fourth-order valence-electron chi connectivity index (χ4n) is 3.39. The van der Waals surface area contributed by atoms with Crippen molar-refractivity contribution in [2.45, 2.75) is 18.9 Å². The lowest BCUT2D eigenvalue weighted by Crippen LogP contribution is -2.61. The van der Waals surface area contributed by atoms with Crippen molar-refractivity contribution in [2.24, 2.45) is 16.6 Å². The van der Waals surface area contributed by atoms with Gasteiger partial charge in [-0.1, -0.05) is 19.1 Å². The molecule has 3 rings (SSSR count). The second-order valence-corrected chi connectivity index (χ2v) is 5.64. The Labute approximate surface area is 119 Å². The minimum Gasteiger partial charge on any atom is -0.495 e. The van der Waals surface area contributed by atoms with Crippen molar-refractivity contribution < 1.29 is 4.74 Å². The molecule has 5 heteroatoms. The van der Waals surface area contributed by atoms with E-state index in [4.69, 9.17) is 10.5 Å². The summed E-state index contributed by atoms with van der Waals surface area (Å²) in [4.78, 5) is 6.73. The van der Waals surface area contributed by atoms with Crippen LogP contribution in [0.25, 0.3) is 0 Å². The van der Waals surface area contributed by atoms with E-state index in [9.17, 15) is 0 Å². The maximum Gasteiger partial charge on any atom is 0.196 e. The SMILES string of the molecule is COc1ccccc1N1C(N)=NCC12CCNCC2C. The standard InChI is InChI=1S/C15H22N4O/c1-11-9-17-8-7-15(11)10-18-14(16)19(15)12-5-3-4-6-13(12)20-2/h3-6,11,17H,7-10H2,1-2H3,(H2,16,18). The molecular formula is C15H22N4O. The Balaban J connectivity index is 2.06. The molecule has 1 aromatic rings. The maximum atomic E-state index is 6.20. The van der Waals surface area contributed by atoms with E-state index in [1.807, 2.05) is 18.2 Å². The Hall–Kier alpha value is -1.75. The van der Waals surface area contributed by atoms with Crippen molar-refractivity contribution in [2.75, 3.05) is 31.6 Å². The topological polar surface area (TPSA) is 62.9 Å². The average Bonchev–Trinajstić information content (AvgIpc) is 2.80. The molecule has 0 amide bonds. The third-order valence-electron chi connectivity index (χ3n) is 4.62. The van der Waals surface area contributed by atoms with Gasteiger partial charge in [0.2, 0.25) is 0 Å². The van der Waals surface area contributed by atoms with E-state index in [-0.39, 0.29) is 5.54 Å². The Morgan fingerprint density at radius 3 is 3.00 bits per heavy atom. The smallest absolute Gasteiger partial charge is 0.196 e. The van der Waals surface area contributed by atoms with Crippen LogP contribution in [0.1, 0.15) is 13.3 Å². The molecule has 0 radical (unpaired) electrons. The van der Waals surface area contributed by atoms with E-state index in [1.165, 1.54) is 0 Å². The van der Waals surface area contributed by atoms with Gasteiger partial charge in [-0.3, -0.25) is 4.99 Å². The van der Waals surface area contributed by atoms with E-state index < -0.39 is 0 Å². The second kappa shape index (κ2) is 4.98. The number of hydrogen-bond donors (Lipinski definition) is 2. The van der Waals surface area contributed by atoms with Crippen molar-refractivity contribution in [1.29, 1.82) is 0 Å². The summed E-state index contributed by atoms with van der Waals surface area (Å²) in [6.07, 6.45) is 1.04. The molecule has 1 fully saturated rings. The molecule has 1 aromatic carbocycles. The van der Waals surface area contributed by atoms with Gasteiger partial charge < -0.3 is 20.7 Å². The van der Waals surface area contributed by atoms with Crippen molar-refractivity contribution in [3.63, 3.8) is 0 Å². The molecule has 0 aliphatic carbocycles. The van der Waals surface area contributed by atoms with Crippen LogP contribution in [0.15, 0.2) is 29.3 Å². The van der Waals surface area contributed by atoms with E-state index in [2.05, 4.69) is 28.2 Å². The van der Waals surface area contributed by atoms with Gasteiger partial charge >= 0.3 is 0 Å². The van der Waals surface area contributed by atoms with Gasteiger partial charge in [0.1, 0.15) is 5.75 Å². The molecule has 108 valence electrons. The molecule has 2 aliphatic heterocycles. The van der Waals surface area contributed by atoms with Crippen LogP contribution in [0.3, 0.4) is 0 Å². The number of aliphatic imine (C=N–C) groups is 1. The van der Waals surface area contributed by atoms with Gasteiger partial charge in [-0.15, -0.1) is 0 Å². The minimum absolute atomic E-state index is 0.0238. The highest BCUT2D eigenvalue weighted by Crippen LogP contribution is 2.41. The molecule has 2 unspecified atom stereocenters. The number of nitrogens with two attached hydrogens (primary N) is 1. The summed E-state index contributed by atoms with van der Waals surface area (Å²) in [6, 6.07) is 8.02. The maximum absolute atomic E-state index is 6.20. The molecule has 2 heterocycles. The van der Waals surface area contributed by atoms with Crippen molar-refractivity contribution in [3.05, 3.63) is 24.3 Å². The van der Waals surface area contributed by atoms with E-state index in [0.717, 1.165) is 37.5 Å². The first kappa shape index (κ1) is 13.2. The summed E-state index contributed by atoms with van der Waals surface area (Å²) in [6.45, 7) is 5.02. The normalized spacial score (nSPS) is 29.6. The molecule has 2 atom stereocenters. The van der Waals surface area contributed by atoms with Gasteiger partial charge in [0.25, 0.3) is 0 Å². The van der Waals surface area contributed by atoms with Crippen LogP contribution in [0, 0.1) is 5.92 Å². The van der Waals surface area contributed by atoms with Gasteiger partial charge in [-0.05, 0) is 31.0 Å². The molecule has 0 bridgehead atoms. The van der Waals surface area contributed by atoms with Crippen LogP contribution in [0.4, 0.5) is 5.69 Å². The zero-order chi connectivity index (χ0) is 14.2. The Morgan fingerprint density at radius 2 is 2.25 bits per heavy atom. The number of rotatable bonds is 2. The lowest BCUT2D eigenvalue weighted by Gasteiger charge is -2.46. The highest BCUT2D eigenvalue weighted by Gasteiger charge is 2.48. The number of guanidine groups is 1. The van der Waals surface area contributed by atoms with Crippen LogP contribution >= 0.6 is 0 Å². The van der Waals surface area contributed by atoms with Crippen LogP contribution < -0.4 is 20.7 Å². The van der Waals surface area contributed by atoms with E-state index in [0.29, 0.717) is 11.9 Å². The largest absolute Gasteiger partial charge is 0.495 e. The number of nitrogens with one attached hydrogen (secondary N) is 1. The lowest BCUT2D eigenvalue weighted by atomic mass is 9.78. The number of anilines is 1. The molecule has 0 saturated carbocycles. The van der Waals surface area contributed by atoms with Crippen LogP contribution in [-0.4, -0.2) is 38.2 Å².